The van der Waals surface area contributed by atoms with Crippen molar-refractivity contribution in [3.05, 3.63) is 48.3 Å². The molecule has 8 nitrogen and oxygen atoms in total. The Hall–Kier alpha value is -2.97. The van der Waals surface area contributed by atoms with Gasteiger partial charge in [-0.1, -0.05) is 0 Å². The number of hydrogen-bond donors (Lipinski definition) is 2. The van der Waals surface area contributed by atoms with E-state index in [2.05, 4.69) is 19.9 Å². The molecule has 1 aromatic carbocycles. The van der Waals surface area contributed by atoms with Crippen molar-refractivity contribution < 1.29 is 9.53 Å². The van der Waals surface area contributed by atoms with E-state index < -0.39 is 0 Å². The van der Waals surface area contributed by atoms with Gasteiger partial charge in [0.15, 0.2) is 0 Å². The van der Waals surface area contributed by atoms with E-state index in [0.717, 1.165) is 29.7 Å². The largest absolute Gasteiger partial charge is 0.378 e. The van der Waals surface area contributed by atoms with Crippen LogP contribution in [0.4, 0.5) is 11.6 Å². The average molecular weight is 380 g/mol. The lowest BCUT2D eigenvalue weighted by molar-refractivity contribution is 0.0303. The third-order valence-electron chi connectivity index (χ3n) is 4.79. The van der Waals surface area contributed by atoms with E-state index >= 15 is 0 Å². The Kier molecular flexibility index (Phi) is 5.50. The molecule has 2 aromatic heterocycles. The summed E-state index contributed by atoms with van der Waals surface area (Å²) in [4.78, 5) is 23.3. The maximum atomic E-state index is 12.5. The van der Waals surface area contributed by atoms with Crippen molar-refractivity contribution in [2.45, 2.75) is 13.0 Å². The van der Waals surface area contributed by atoms with Crippen molar-refractivity contribution >= 4 is 28.6 Å². The lowest BCUT2D eigenvalue weighted by Gasteiger charge is -2.26. The highest BCUT2D eigenvalue weighted by molar-refractivity contribution is 5.94. The molecule has 4 rings (SSSR count). The van der Waals surface area contributed by atoms with Gasteiger partial charge in [0.05, 0.1) is 13.2 Å². The van der Waals surface area contributed by atoms with Gasteiger partial charge in [0.1, 0.15) is 5.65 Å². The van der Waals surface area contributed by atoms with Crippen LogP contribution in [-0.4, -0.2) is 58.2 Å². The number of rotatable bonds is 6. The van der Waals surface area contributed by atoms with E-state index in [1.54, 1.807) is 6.20 Å². The Balaban J connectivity index is 1.47. The van der Waals surface area contributed by atoms with Crippen LogP contribution in [0.5, 0.6) is 0 Å². The zero-order valence-electron chi connectivity index (χ0n) is 15.7. The Morgan fingerprint density at radius 2 is 1.96 bits per heavy atom. The number of amides is 1. The molecule has 3 N–H and O–H groups in total. The number of nitrogens with two attached hydrogens (primary N) is 1. The average Bonchev–Trinajstić information content (AvgIpc) is 3.15. The van der Waals surface area contributed by atoms with Crippen LogP contribution in [-0.2, 0) is 11.3 Å². The maximum absolute atomic E-state index is 12.5. The van der Waals surface area contributed by atoms with Crippen molar-refractivity contribution in [1.29, 1.82) is 0 Å². The second-order valence-corrected chi connectivity index (χ2v) is 6.73. The first-order chi connectivity index (χ1) is 13.7. The Bertz CT molecular complexity index is 947. The van der Waals surface area contributed by atoms with Crippen molar-refractivity contribution in [3.8, 4) is 0 Å². The lowest BCUT2D eigenvalue weighted by Crippen LogP contribution is -2.40. The lowest BCUT2D eigenvalue weighted by atomic mass is 10.1. The number of nitrogens with one attached hydrogen (secondary N) is 1. The summed E-state index contributed by atoms with van der Waals surface area (Å²) in [7, 11) is 0. The molecule has 3 aromatic rings. The molecule has 0 saturated carbocycles. The third kappa shape index (κ3) is 3.97. The van der Waals surface area contributed by atoms with Gasteiger partial charge in [0.25, 0.3) is 5.91 Å². The van der Waals surface area contributed by atoms with E-state index in [9.17, 15) is 4.79 Å². The van der Waals surface area contributed by atoms with E-state index in [4.69, 9.17) is 10.5 Å². The molecule has 1 aliphatic rings. The van der Waals surface area contributed by atoms with Crippen LogP contribution in [0.1, 0.15) is 16.8 Å². The van der Waals surface area contributed by atoms with Gasteiger partial charge in [-0.15, -0.1) is 0 Å². The first-order valence-electron chi connectivity index (χ1n) is 9.50. The van der Waals surface area contributed by atoms with Crippen LogP contribution in [0.3, 0.4) is 0 Å². The molecule has 3 heterocycles. The van der Waals surface area contributed by atoms with Gasteiger partial charge in [-0.2, -0.15) is 4.98 Å². The predicted octanol–water partition coefficient (Wildman–Crippen LogP) is 2.00. The van der Waals surface area contributed by atoms with Crippen LogP contribution in [0, 0.1) is 0 Å². The zero-order chi connectivity index (χ0) is 19.3. The number of ether oxygens (including phenoxy) is 1. The molecule has 1 saturated heterocycles. The summed E-state index contributed by atoms with van der Waals surface area (Å²) in [5.74, 6) is 0.553. The quantitative estimate of drug-likeness (QED) is 0.679. The minimum Gasteiger partial charge on any atom is -0.378 e. The Morgan fingerprint density at radius 3 is 2.71 bits per heavy atom. The molecule has 0 aliphatic carbocycles. The molecule has 1 fully saturated rings. The molecule has 8 heteroatoms. The molecule has 1 amide bonds. The number of benzene rings is 1. The van der Waals surface area contributed by atoms with E-state index in [1.165, 1.54) is 0 Å². The summed E-state index contributed by atoms with van der Waals surface area (Å²) in [6, 6.07) is 9.39. The van der Waals surface area contributed by atoms with E-state index in [-0.39, 0.29) is 5.91 Å². The van der Waals surface area contributed by atoms with Crippen LogP contribution in [0.2, 0.25) is 0 Å². The van der Waals surface area contributed by atoms with Crippen molar-refractivity contribution in [3.63, 3.8) is 0 Å². The minimum absolute atomic E-state index is 0.0326. The van der Waals surface area contributed by atoms with Crippen LogP contribution in [0.15, 0.2) is 42.7 Å². The van der Waals surface area contributed by atoms with Gasteiger partial charge in [-0.3, -0.25) is 4.79 Å². The summed E-state index contributed by atoms with van der Waals surface area (Å²) in [5, 5.41) is 4.20. The molecule has 0 radical (unpaired) electrons. The molecular weight excluding hydrogens is 356 g/mol. The summed E-state index contributed by atoms with van der Waals surface area (Å²) < 4.78 is 7.38. The minimum atomic E-state index is 0.0326. The number of morpholine rings is 1. The third-order valence-corrected chi connectivity index (χ3v) is 4.79. The molecule has 28 heavy (non-hydrogen) atoms. The predicted molar refractivity (Wildman–Crippen MR) is 108 cm³/mol. The van der Waals surface area contributed by atoms with Gasteiger partial charge in [0, 0.05) is 48.7 Å². The number of aromatic nitrogens is 3. The fourth-order valence-corrected chi connectivity index (χ4v) is 3.25. The topological polar surface area (TPSA) is 98.3 Å². The standard InChI is InChI=1S/C20H24N6O2/c21-7-1-8-25-9-6-16-14-22-20(24-18(16)25)23-17-4-2-15(3-5-17)19(27)26-10-12-28-13-11-26/h2-6,9,14H,1,7-8,10-13,21H2,(H,22,23,24). The van der Waals surface area contributed by atoms with Crippen molar-refractivity contribution in [1.82, 2.24) is 19.4 Å². The van der Waals surface area contributed by atoms with Gasteiger partial charge >= 0.3 is 0 Å². The van der Waals surface area contributed by atoms with Gasteiger partial charge < -0.3 is 25.3 Å². The Labute approximate surface area is 163 Å². The number of aryl methyl sites for hydroxylation is 1. The highest BCUT2D eigenvalue weighted by atomic mass is 16.5. The number of anilines is 2. The molecular formula is C20H24N6O2. The number of fused-ring (bicyclic) bond motifs is 1. The molecule has 0 spiro atoms. The monoisotopic (exact) mass is 380 g/mol. The number of hydrogen-bond acceptors (Lipinski definition) is 6. The van der Waals surface area contributed by atoms with Crippen LogP contribution >= 0.6 is 0 Å². The second kappa shape index (κ2) is 8.37. The molecule has 0 atom stereocenters. The van der Waals surface area contributed by atoms with Gasteiger partial charge in [0.2, 0.25) is 5.95 Å². The molecule has 1 aliphatic heterocycles. The van der Waals surface area contributed by atoms with Crippen molar-refractivity contribution in [2.75, 3.05) is 38.2 Å². The maximum Gasteiger partial charge on any atom is 0.254 e. The molecule has 146 valence electrons. The SMILES string of the molecule is NCCCn1ccc2cnc(Nc3ccc(C(=O)N4CCOCC4)cc3)nc21. The highest BCUT2D eigenvalue weighted by Gasteiger charge is 2.18. The fourth-order valence-electron chi connectivity index (χ4n) is 3.25. The first kappa shape index (κ1) is 18.4. The molecule has 0 bridgehead atoms. The Morgan fingerprint density at radius 1 is 1.18 bits per heavy atom. The number of carbonyl (C=O) groups is 1. The second-order valence-electron chi connectivity index (χ2n) is 6.73. The summed E-state index contributed by atoms with van der Waals surface area (Å²) >= 11 is 0. The highest BCUT2D eigenvalue weighted by Crippen LogP contribution is 2.19. The van der Waals surface area contributed by atoms with Crippen molar-refractivity contribution in [2.24, 2.45) is 5.73 Å². The van der Waals surface area contributed by atoms with Crippen LogP contribution < -0.4 is 11.1 Å². The summed E-state index contributed by atoms with van der Waals surface area (Å²) in [6.07, 6.45) is 4.71. The van der Waals surface area contributed by atoms with E-state index in [1.807, 2.05) is 41.4 Å². The number of carbonyl (C=O) groups excluding carboxylic acids is 1. The summed E-state index contributed by atoms with van der Waals surface area (Å²) in [6.45, 7) is 3.93. The normalized spacial score (nSPS) is 14.4. The van der Waals surface area contributed by atoms with Crippen LogP contribution in [0.25, 0.3) is 11.0 Å². The summed E-state index contributed by atoms with van der Waals surface area (Å²) in [5.41, 5.74) is 7.99. The first-order valence-corrected chi connectivity index (χ1v) is 9.50. The fraction of sp³-hybridized carbons (Fsp3) is 0.350. The van der Waals surface area contributed by atoms with E-state index in [0.29, 0.717) is 44.4 Å². The molecule has 0 unspecified atom stereocenters. The zero-order valence-corrected chi connectivity index (χ0v) is 15.7. The van der Waals surface area contributed by atoms with Gasteiger partial charge in [-0.25, -0.2) is 4.98 Å². The smallest absolute Gasteiger partial charge is 0.254 e. The van der Waals surface area contributed by atoms with Gasteiger partial charge in [-0.05, 0) is 43.3 Å². The number of nitrogens with zero attached hydrogens (tertiary/aromatic N) is 4.